The number of nitro groups is 1. The van der Waals surface area contributed by atoms with E-state index < -0.39 is 4.92 Å². The highest BCUT2D eigenvalue weighted by atomic mass is 79.9. The van der Waals surface area contributed by atoms with Crippen LogP contribution in [-0.2, 0) is 16.1 Å². The molecule has 2 rings (SSSR count). The standard InChI is InChI=1S/C16H16BrN3O4S/c1-11(14-6-7-15(17)25-14)19-24-10-16(21)18-9-8-12-2-4-13(5-3-12)20(22)23/h2-7H,8-10H2,1H3,(H,18,21)/b19-11+. The van der Waals surface area contributed by atoms with Crippen molar-refractivity contribution in [2.75, 3.05) is 13.2 Å². The van der Waals surface area contributed by atoms with Gasteiger partial charge in [0.05, 0.1) is 19.3 Å². The summed E-state index contributed by atoms with van der Waals surface area (Å²) < 4.78 is 1.00. The zero-order valence-corrected chi connectivity index (χ0v) is 15.8. The Kier molecular flexibility index (Phi) is 7.08. The molecule has 0 saturated heterocycles. The number of benzene rings is 1. The van der Waals surface area contributed by atoms with Crippen LogP contribution in [0.5, 0.6) is 0 Å². The molecule has 0 aliphatic carbocycles. The van der Waals surface area contributed by atoms with E-state index in [4.69, 9.17) is 4.84 Å². The number of nitrogens with zero attached hydrogens (tertiary/aromatic N) is 2. The summed E-state index contributed by atoms with van der Waals surface area (Å²) in [7, 11) is 0. The van der Waals surface area contributed by atoms with Crippen LogP contribution in [0.15, 0.2) is 45.3 Å². The molecular formula is C16H16BrN3O4S. The van der Waals surface area contributed by atoms with Crippen LogP contribution in [0.2, 0.25) is 0 Å². The molecule has 1 amide bonds. The molecule has 0 fully saturated rings. The quantitative estimate of drug-likeness (QED) is 0.397. The lowest BCUT2D eigenvalue weighted by atomic mass is 10.1. The molecule has 0 aliphatic rings. The van der Waals surface area contributed by atoms with Gasteiger partial charge >= 0.3 is 0 Å². The number of thiophene rings is 1. The molecule has 2 aromatic rings. The average molecular weight is 426 g/mol. The third kappa shape index (κ3) is 6.28. The molecule has 0 bridgehead atoms. The van der Waals surface area contributed by atoms with Gasteiger partial charge in [-0.3, -0.25) is 14.9 Å². The minimum Gasteiger partial charge on any atom is -0.385 e. The fourth-order valence-corrected chi connectivity index (χ4v) is 3.25. The van der Waals surface area contributed by atoms with Crippen molar-refractivity contribution in [3.8, 4) is 0 Å². The van der Waals surface area contributed by atoms with Gasteiger partial charge in [0.25, 0.3) is 11.6 Å². The first kappa shape index (κ1) is 19.1. The Balaban J connectivity index is 1.69. The van der Waals surface area contributed by atoms with E-state index in [1.807, 2.05) is 19.1 Å². The molecule has 0 aliphatic heterocycles. The zero-order valence-electron chi connectivity index (χ0n) is 13.4. The Morgan fingerprint density at radius 2 is 2.04 bits per heavy atom. The highest BCUT2D eigenvalue weighted by Crippen LogP contribution is 2.22. The van der Waals surface area contributed by atoms with Gasteiger partial charge in [0, 0.05) is 18.7 Å². The summed E-state index contributed by atoms with van der Waals surface area (Å²) in [5, 5.41) is 17.2. The van der Waals surface area contributed by atoms with E-state index in [9.17, 15) is 14.9 Å². The van der Waals surface area contributed by atoms with Gasteiger partial charge in [0.1, 0.15) is 0 Å². The molecular weight excluding hydrogens is 410 g/mol. The van der Waals surface area contributed by atoms with Crippen molar-refractivity contribution < 1.29 is 14.6 Å². The zero-order chi connectivity index (χ0) is 18.2. The summed E-state index contributed by atoms with van der Waals surface area (Å²) >= 11 is 4.91. The van der Waals surface area contributed by atoms with Gasteiger partial charge in [-0.15, -0.1) is 11.3 Å². The van der Waals surface area contributed by atoms with Gasteiger partial charge in [-0.25, -0.2) is 0 Å². The molecule has 1 heterocycles. The molecule has 1 N–H and O–H groups in total. The van der Waals surface area contributed by atoms with Crippen LogP contribution in [0, 0.1) is 10.1 Å². The van der Waals surface area contributed by atoms with Gasteiger partial charge in [-0.2, -0.15) is 0 Å². The summed E-state index contributed by atoms with van der Waals surface area (Å²) in [4.78, 5) is 27.9. The first-order valence-electron chi connectivity index (χ1n) is 7.38. The van der Waals surface area contributed by atoms with Gasteiger partial charge in [0.15, 0.2) is 6.61 Å². The normalized spacial score (nSPS) is 11.2. The molecule has 0 saturated carbocycles. The number of nitro benzene ring substituents is 1. The number of hydrogen-bond donors (Lipinski definition) is 1. The van der Waals surface area contributed by atoms with Crippen molar-refractivity contribution in [3.63, 3.8) is 0 Å². The molecule has 0 atom stereocenters. The maximum atomic E-state index is 11.7. The fourth-order valence-electron chi connectivity index (χ4n) is 1.92. The molecule has 25 heavy (non-hydrogen) atoms. The van der Waals surface area contributed by atoms with Gasteiger partial charge < -0.3 is 10.2 Å². The highest BCUT2D eigenvalue weighted by molar-refractivity contribution is 9.11. The number of carbonyl (C=O) groups excluding carboxylic acids is 1. The van der Waals surface area contributed by atoms with Crippen molar-refractivity contribution in [3.05, 3.63) is 60.7 Å². The summed E-state index contributed by atoms with van der Waals surface area (Å²) in [6.07, 6.45) is 0.579. The SMILES string of the molecule is C/C(=N\OCC(=O)NCCc1ccc([N+](=O)[O-])cc1)c1ccc(Br)s1. The Labute approximate surface area is 157 Å². The van der Waals surface area contributed by atoms with Crippen LogP contribution in [0.3, 0.4) is 0 Å². The van der Waals surface area contributed by atoms with Gasteiger partial charge in [-0.05, 0) is 47.0 Å². The summed E-state index contributed by atoms with van der Waals surface area (Å²) in [5.74, 6) is -0.272. The van der Waals surface area contributed by atoms with E-state index in [2.05, 4.69) is 26.4 Å². The maximum Gasteiger partial charge on any atom is 0.269 e. The molecule has 132 valence electrons. The summed E-state index contributed by atoms with van der Waals surface area (Å²) in [6.45, 7) is 2.06. The second-order valence-electron chi connectivity index (χ2n) is 5.08. The predicted molar refractivity (Wildman–Crippen MR) is 100.0 cm³/mol. The van der Waals surface area contributed by atoms with Crippen molar-refractivity contribution in [1.82, 2.24) is 5.32 Å². The smallest absolute Gasteiger partial charge is 0.269 e. The van der Waals surface area contributed by atoms with E-state index in [1.165, 1.54) is 23.5 Å². The van der Waals surface area contributed by atoms with Crippen LogP contribution >= 0.6 is 27.3 Å². The predicted octanol–water partition coefficient (Wildman–Crippen LogP) is 3.52. The minimum absolute atomic E-state index is 0.0483. The summed E-state index contributed by atoms with van der Waals surface area (Å²) in [5.41, 5.74) is 1.66. The Bertz CT molecular complexity index is 774. The topological polar surface area (TPSA) is 93.8 Å². The van der Waals surface area contributed by atoms with E-state index in [0.29, 0.717) is 18.7 Å². The number of rotatable bonds is 8. The van der Waals surface area contributed by atoms with Crippen molar-refractivity contribution in [2.24, 2.45) is 5.16 Å². The van der Waals surface area contributed by atoms with Crippen LogP contribution in [-0.4, -0.2) is 29.7 Å². The minimum atomic E-state index is -0.444. The number of amides is 1. The fraction of sp³-hybridized carbons (Fsp3) is 0.250. The van der Waals surface area contributed by atoms with Gasteiger partial charge in [0.2, 0.25) is 0 Å². The molecule has 9 heteroatoms. The Morgan fingerprint density at radius 3 is 2.64 bits per heavy atom. The van der Waals surface area contributed by atoms with Crippen molar-refractivity contribution >= 4 is 44.6 Å². The van der Waals surface area contributed by atoms with Gasteiger partial charge in [-0.1, -0.05) is 17.3 Å². The number of carbonyl (C=O) groups is 1. The third-order valence-corrected chi connectivity index (χ3v) is 4.94. The number of halogens is 1. The van der Waals surface area contributed by atoms with Crippen molar-refractivity contribution in [1.29, 1.82) is 0 Å². The first-order chi connectivity index (χ1) is 12.0. The van der Waals surface area contributed by atoms with Crippen LogP contribution in [0.25, 0.3) is 0 Å². The number of non-ortho nitro benzene ring substituents is 1. The monoisotopic (exact) mass is 425 g/mol. The third-order valence-electron chi connectivity index (χ3n) is 3.21. The average Bonchev–Trinajstić information content (AvgIpc) is 3.02. The van der Waals surface area contributed by atoms with E-state index in [1.54, 1.807) is 12.1 Å². The second kappa shape index (κ2) is 9.28. The summed E-state index contributed by atoms with van der Waals surface area (Å²) in [6, 6.07) is 10.1. The van der Waals surface area contributed by atoms with Crippen molar-refractivity contribution in [2.45, 2.75) is 13.3 Å². The van der Waals surface area contributed by atoms with E-state index >= 15 is 0 Å². The lowest BCUT2D eigenvalue weighted by molar-refractivity contribution is -0.384. The molecule has 0 unspecified atom stereocenters. The molecule has 1 aromatic carbocycles. The maximum absolute atomic E-state index is 11.7. The molecule has 7 nitrogen and oxygen atoms in total. The Morgan fingerprint density at radius 1 is 1.32 bits per heavy atom. The highest BCUT2D eigenvalue weighted by Gasteiger charge is 2.06. The Hall–Kier alpha value is -2.26. The van der Waals surface area contributed by atoms with Crippen LogP contribution < -0.4 is 5.32 Å². The molecule has 0 spiro atoms. The van der Waals surface area contributed by atoms with Crippen LogP contribution in [0.1, 0.15) is 17.4 Å². The lowest BCUT2D eigenvalue weighted by Crippen LogP contribution is -2.29. The largest absolute Gasteiger partial charge is 0.385 e. The molecule has 1 aromatic heterocycles. The van der Waals surface area contributed by atoms with E-state index in [0.717, 1.165) is 14.2 Å². The second-order valence-corrected chi connectivity index (χ2v) is 7.54. The van der Waals surface area contributed by atoms with Crippen LogP contribution in [0.4, 0.5) is 5.69 Å². The molecule has 0 radical (unpaired) electrons. The van der Waals surface area contributed by atoms with E-state index in [-0.39, 0.29) is 18.2 Å². The number of hydrogen-bond acceptors (Lipinski definition) is 6. The first-order valence-corrected chi connectivity index (χ1v) is 8.99. The number of oxime groups is 1. The number of nitrogens with one attached hydrogen (secondary N) is 1. The lowest BCUT2D eigenvalue weighted by Gasteiger charge is -2.05.